The van der Waals surface area contributed by atoms with Gasteiger partial charge in [-0.05, 0) is 5.92 Å². The van der Waals surface area contributed by atoms with Crippen LogP contribution in [0, 0.1) is 17.0 Å². The standard InChI is InChI=1S/C7H15NP/c1-7(2)5-9(3,4)6-8/h7H,5H2,1-4H3/q+1. The number of hydrogen-bond acceptors (Lipinski definition) is 1. The smallest absolute Gasteiger partial charge is 0.152 e. The summed E-state index contributed by atoms with van der Waals surface area (Å²) in [6.07, 6.45) is 1.10. The van der Waals surface area contributed by atoms with Crippen LogP contribution in [0.25, 0.3) is 0 Å². The van der Waals surface area contributed by atoms with Crippen LogP contribution in [-0.2, 0) is 0 Å². The molecule has 0 radical (unpaired) electrons. The van der Waals surface area contributed by atoms with Crippen LogP contribution in [0.15, 0.2) is 0 Å². The predicted octanol–water partition coefficient (Wildman–Crippen LogP) is 2.40. The van der Waals surface area contributed by atoms with Crippen molar-refractivity contribution in [2.45, 2.75) is 13.8 Å². The molecule has 0 saturated carbocycles. The van der Waals surface area contributed by atoms with Crippen molar-refractivity contribution in [3.63, 3.8) is 0 Å². The maximum atomic E-state index is 8.64. The zero-order valence-corrected chi connectivity index (χ0v) is 7.57. The van der Waals surface area contributed by atoms with Gasteiger partial charge in [-0.1, -0.05) is 13.8 Å². The van der Waals surface area contributed by atoms with Crippen molar-refractivity contribution in [2.75, 3.05) is 19.5 Å². The van der Waals surface area contributed by atoms with E-state index in [0.29, 0.717) is 5.92 Å². The van der Waals surface area contributed by atoms with Crippen LogP contribution in [0.5, 0.6) is 0 Å². The number of rotatable bonds is 2. The third-order valence-corrected chi connectivity index (χ3v) is 3.28. The molecule has 0 aliphatic heterocycles. The van der Waals surface area contributed by atoms with Gasteiger partial charge < -0.3 is 0 Å². The average molecular weight is 144 g/mol. The SMILES string of the molecule is CC(C)C[P+](C)(C)C#N. The van der Waals surface area contributed by atoms with E-state index in [2.05, 4.69) is 33.0 Å². The summed E-state index contributed by atoms with van der Waals surface area (Å²) in [5.41, 5.74) is 0. The molecule has 52 valence electrons. The molecular weight excluding hydrogens is 129 g/mol. The molecule has 0 atom stereocenters. The Hall–Kier alpha value is -0.0800. The molecule has 0 amide bonds. The largest absolute Gasteiger partial charge is 0.237 e. The summed E-state index contributed by atoms with van der Waals surface area (Å²) < 4.78 is 0. The van der Waals surface area contributed by atoms with Crippen LogP contribution in [0.2, 0.25) is 0 Å². The maximum Gasteiger partial charge on any atom is 0.237 e. The molecule has 0 bridgehead atoms. The van der Waals surface area contributed by atoms with Crippen LogP contribution in [0.4, 0.5) is 0 Å². The van der Waals surface area contributed by atoms with Crippen molar-refractivity contribution in [3.8, 4) is 5.81 Å². The van der Waals surface area contributed by atoms with E-state index in [0.717, 1.165) is 6.16 Å². The topological polar surface area (TPSA) is 23.8 Å². The van der Waals surface area contributed by atoms with Gasteiger partial charge in [0, 0.05) is 0 Å². The highest BCUT2D eigenvalue weighted by molar-refractivity contribution is 7.79. The number of nitriles is 1. The Labute approximate surface area is 58.4 Å². The van der Waals surface area contributed by atoms with E-state index >= 15 is 0 Å². The fourth-order valence-corrected chi connectivity index (χ4v) is 2.86. The molecule has 0 spiro atoms. The minimum absolute atomic E-state index is 0.674. The lowest BCUT2D eigenvalue weighted by atomic mass is 10.3. The first-order chi connectivity index (χ1) is 3.98. The minimum atomic E-state index is -1.17. The van der Waals surface area contributed by atoms with E-state index in [4.69, 9.17) is 5.26 Å². The molecule has 0 aromatic carbocycles. The highest BCUT2D eigenvalue weighted by Crippen LogP contribution is 2.50. The van der Waals surface area contributed by atoms with Gasteiger partial charge in [-0.2, -0.15) is 5.26 Å². The van der Waals surface area contributed by atoms with E-state index in [1.54, 1.807) is 0 Å². The van der Waals surface area contributed by atoms with Gasteiger partial charge in [-0.25, -0.2) is 0 Å². The Morgan fingerprint density at radius 2 is 1.89 bits per heavy atom. The normalized spacial score (nSPS) is 11.6. The van der Waals surface area contributed by atoms with E-state index in [1.165, 1.54) is 0 Å². The summed E-state index contributed by atoms with van der Waals surface area (Å²) in [6, 6.07) is 0. The number of nitrogens with zero attached hydrogens (tertiary/aromatic N) is 1. The molecule has 0 N–H and O–H groups in total. The lowest BCUT2D eigenvalue weighted by molar-refractivity contribution is 0.744. The van der Waals surface area contributed by atoms with Crippen molar-refractivity contribution in [1.29, 1.82) is 5.26 Å². The summed E-state index contributed by atoms with van der Waals surface area (Å²) in [5, 5.41) is 8.64. The first-order valence-corrected chi connectivity index (χ1v) is 6.09. The average Bonchev–Trinajstić information content (AvgIpc) is 1.63. The first kappa shape index (κ1) is 8.92. The Balaban J connectivity index is 3.76. The molecule has 0 aliphatic rings. The van der Waals surface area contributed by atoms with Gasteiger partial charge in [-0.3, -0.25) is 0 Å². The fourth-order valence-electron chi connectivity index (χ4n) is 0.954. The van der Waals surface area contributed by atoms with Gasteiger partial charge in [0.15, 0.2) is 0 Å². The molecule has 0 rings (SSSR count). The van der Waals surface area contributed by atoms with Gasteiger partial charge in [0.2, 0.25) is 5.81 Å². The molecule has 0 aromatic heterocycles. The van der Waals surface area contributed by atoms with Gasteiger partial charge in [0.25, 0.3) is 0 Å². The van der Waals surface area contributed by atoms with Crippen molar-refractivity contribution in [2.24, 2.45) is 5.92 Å². The molecule has 0 fully saturated rings. The highest BCUT2D eigenvalue weighted by atomic mass is 31.2. The Bertz CT molecular complexity index is 121. The Kier molecular flexibility index (Phi) is 3.15. The molecule has 0 saturated heterocycles. The van der Waals surface area contributed by atoms with E-state index < -0.39 is 7.26 Å². The third-order valence-electron chi connectivity index (χ3n) is 1.09. The van der Waals surface area contributed by atoms with Crippen LogP contribution in [0.3, 0.4) is 0 Å². The van der Waals surface area contributed by atoms with E-state index in [9.17, 15) is 0 Å². The van der Waals surface area contributed by atoms with Crippen molar-refractivity contribution in [1.82, 2.24) is 0 Å². The zero-order valence-electron chi connectivity index (χ0n) is 6.68. The third kappa shape index (κ3) is 4.43. The molecule has 0 aliphatic carbocycles. The van der Waals surface area contributed by atoms with Crippen molar-refractivity contribution in [3.05, 3.63) is 0 Å². The zero-order chi connectivity index (χ0) is 7.49. The lowest BCUT2D eigenvalue weighted by Gasteiger charge is -2.08. The lowest BCUT2D eigenvalue weighted by Crippen LogP contribution is -1.99. The second-order valence-electron chi connectivity index (χ2n) is 3.36. The highest BCUT2D eigenvalue weighted by Gasteiger charge is 2.25. The van der Waals surface area contributed by atoms with E-state index in [-0.39, 0.29) is 0 Å². The monoisotopic (exact) mass is 144 g/mol. The molecular formula is C7H15NP+. The summed E-state index contributed by atoms with van der Waals surface area (Å²) >= 11 is 0. The van der Waals surface area contributed by atoms with Gasteiger partial charge >= 0.3 is 0 Å². The molecule has 0 unspecified atom stereocenters. The predicted molar refractivity (Wildman–Crippen MR) is 44.1 cm³/mol. The fraction of sp³-hybridized carbons (Fsp3) is 0.857. The molecule has 0 heterocycles. The summed E-state index contributed by atoms with van der Waals surface area (Å²) in [6.45, 7) is 8.51. The molecule has 2 heteroatoms. The van der Waals surface area contributed by atoms with Gasteiger partial charge in [0.1, 0.15) is 7.26 Å². The van der Waals surface area contributed by atoms with Crippen LogP contribution in [0.1, 0.15) is 13.8 Å². The quantitative estimate of drug-likeness (QED) is 0.546. The van der Waals surface area contributed by atoms with E-state index in [1.807, 2.05) is 0 Å². The van der Waals surface area contributed by atoms with Crippen LogP contribution in [-0.4, -0.2) is 19.5 Å². The first-order valence-electron chi connectivity index (χ1n) is 3.22. The summed E-state index contributed by atoms with van der Waals surface area (Å²) in [4.78, 5) is 0. The number of hydrogen-bond donors (Lipinski definition) is 0. The van der Waals surface area contributed by atoms with Gasteiger partial charge in [-0.15, -0.1) is 0 Å². The molecule has 0 aromatic rings. The molecule has 1 nitrogen and oxygen atoms in total. The Morgan fingerprint density at radius 1 is 1.44 bits per heavy atom. The summed E-state index contributed by atoms with van der Waals surface area (Å²) in [7, 11) is -1.17. The van der Waals surface area contributed by atoms with Gasteiger partial charge in [0.05, 0.1) is 19.5 Å². The van der Waals surface area contributed by atoms with Crippen molar-refractivity contribution < 1.29 is 0 Å². The maximum absolute atomic E-state index is 8.64. The second kappa shape index (κ2) is 3.18. The summed E-state index contributed by atoms with van der Waals surface area (Å²) in [5.74, 6) is 3.06. The second-order valence-corrected chi connectivity index (χ2v) is 7.30. The van der Waals surface area contributed by atoms with Crippen molar-refractivity contribution >= 4 is 7.26 Å². The molecule has 9 heavy (non-hydrogen) atoms. The Morgan fingerprint density at radius 3 is 2.00 bits per heavy atom. The van der Waals surface area contributed by atoms with Crippen LogP contribution >= 0.6 is 7.26 Å². The minimum Gasteiger partial charge on any atom is -0.152 e. The van der Waals surface area contributed by atoms with Crippen LogP contribution < -0.4 is 0 Å².